The highest BCUT2D eigenvalue weighted by Gasteiger charge is 2.16. The zero-order chi connectivity index (χ0) is 13.7. The average Bonchev–Trinajstić information content (AvgIpc) is 2.40. The molecule has 1 aliphatic rings. The van der Waals surface area contributed by atoms with Crippen LogP contribution in [0.4, 0.5) is 8.78 Å². The molecule has 104 valence electrons. The number of carbonyl (C=O) groups excluding carboxylic acids is 1. The highest BCUT2D eigenvalue weighted by Crippen LogP contribution is 2.25. The van der Waals surface area contributed by atoms with Crippen LogP contribution in [0.3, 0.4) is 0 Å². The Kier molecular flexibility index (Phi) is 5.15. The minimum absolute atomic E-state index is 0.138. The molecule has 1 heterocycles. The normalized spacial score (nSPS) is 16.6. The summed E-state index contributed by atoms with van der Waals surface area (Å²) in [7, 11) is 0. The van der Waals surface area contributed by atoms with Crippen molar-refractivity contribution in [3.63, 3.8) is 0 Å². The van der Waals surface area contributed by atoms with E-state index in [0.29, 0.717) is 22.2 Å². The van der Waals surface area contributed by atoms with Crippen LogP contribution in [0.2, 0.25) is 0 Å². The second kappa shape index (κ2) is 6.86. The summed E-state index contributed by atoms with van der Waals surface area (Å²) in [6, 6.07) is 6.47. The largest absolute Gasteiger partial charge is 0.349 e. The van der Waals surface area contributed by atoms with Crippen molar-refractivity contribution in [3.8, 4) is 0 Å². The van der Waals surface area contributed by atoms with Crippen LogP contribution in [-0.4, -0.2) is 30.8 Å². The van der Waals surface area contributed by atoms with Crippen molar-refractivity contribution in [1.82, 2.24) is 10.6 Å². The van der Waals surface area contributed by atoms with E-state index in [1.54, 1.807) is 24.3 Å². The van der Waals surface area contributed by atoms with Crippen LogP contribution in [0.15, 0.2) is 29.2 Å². The van der Waals surface area contributed by atoms with E-state index in [1.807, 2.05) is 0 Å². The lowest BCUT2D eigenvalue weighted by Crippen LogP contribution is -2.42. The van der Waals surface area contributed by atoms with Gasteiger partial charge in [-0.05, 0) is 50.2 Å². The maximum absolute atomic E-state index is 12.2. The van der Waals surface area contributed by atoms with Gasteiger partial charge in [-0.15, -0.1) is 0 Å². The highest BCUT2D eigenvalue weighted by atomic mass is 32.2. The van der Waals surface area contributed by atoms with Crippen molar-refractivity contribution in [2.45, 2.75) is 29.5 Å². The Bertz CT molecular complexity index is 419. The number of thioether (sulfide) groups is 1. The van der Waals surface area contributed by atoms with Gasteiger partial charge >= 0.3 is 0 Å². The first-order chi connectivity index (χ1) is 9.15. The predicted octanol–water partition coefficient (Wildman–Crippen LogP) is 2.48. The summed E-state index contributed by atoms with van der Waals surface area (Å²) in [5, 5.41) is 6.19. The standard InChI is InChI=1S/C13H16F2N2OS/c14-13(15)19-11-3-1-9(2-4-11)12(18)17-10-5-7-16-8-6-10/h1-4,10,13,16H,5-8H2,(H,17,18). The number of alkyl halides is 2. The van der Waals surface area contributed by atoms with Crippen molar-refractivity contribution < 1.29 is 13.6 Å². The van der Waals surface area contributed by atoms with E-state index in [9.17, 15) is 13.6 Å². The first-order valence-corrected chi connectivity index (χ1v) is 7.09. The number of hydrogen-bond acceptors (Lipinski definition) is 3. The van der Waals surface area contributed by atoms with Crippen LogP contribution in [0, 0.1) is 0 Å². The van der Waals surface area contributed by atoms with Crippen LogP contribution in [0.1, 0.15) is 23.2 Å². The topological polar surface area (TPSA) is 41.1 Å². The van der Waals surface area contributed by atoms with Gasteiger partial charge in [0.1, 0.15) is 0 Å². The highest BCUT2D eigenvalue weighted by molar-refractivity contribution is 7.99. The molecule has 1 saturated heterocycles. The molecule has 1 amide bonds. The van der Waals surface area contributed by atoms with Gasteiger partial charge in [0.05, 0.1) is 0 Å². The Morgan fingerprint density at radius 3 is 2.47 bits per heavy atom. The van der Waals surface area contributed by atoms with Crippen LogP contribution >= 0.6 is 11.8 Å². The molecule has 0 unspecified atom stereocenters. The quantitative estimate of drug-likeness (QED) is 0.836. The van der Waals surface area contributed by atoms with E-state index >= 15 is 0 Å². The molecule has 0 spiro atoms. The number of carbonyl (C=O) groups is 1. The average molecular weight is 286 g/mol. The van der Waals surface area contributed by atoms with Gasteiger partial charge in [-0.1, -0.05) is 11.8 Å². The SMILES string of the molecule is O=C(NC1CCNCC1)c1ccc(SC(F)F)cc1. The van der Waals surface area contributed by atoms with Gasteiger partial charge in [-0.25, -0.2) is 0 Å². The summed E-state index contributed by atoms with van der Waals surface area (Å²) >= 11 is 0.481. The Morgan fingerprint density at radius 1 is 1.26 bits per heavy atom. The molecule has 0 bridgehead atoms. The summed E-state index contributed by atoms with van der Waals surface area (Å²) in [5.41, 5.74) is 0.511. The third-order valence-corrected chi connectivity index (χ3v) is 3.74. The van der Waals surface area contributed by atoms with E-state index in [4.69, 9.17) is 0 Å². The first-order valence-electron chi connectivity index (χ1n) is 6.21. The van der Waals surface area contributed by atoms with Crippen molar-refractivity contribution >= 4 is 17.7 Å². The lowest BCUT2D eigenvalue weighted by molar-refractivity contribution is 0.0929. The summed E-state index contributed by atoms with van der Waals surface area (Å²) in [4.78, 5) is 12.4. The molecule has 0 aromatic heterocycles. The van der Waals surface area contributed by atoms with E-state index < -0.39 is 5.76 Å². The number of piperidine rings is 1. The fourth-order valence-corrected chi connectivity index (χ4v) is 2.52. The number of rotatable bonds is 4. The molecule has 0 saturated carbocycles. The van der Waals surface area contributed by atoms with Gasteiger partial charge in [0.2, 0.25) is 0 Å². The number of amides is 1. The van der Waals surface area contributed by atoms with Crippen molar-refractivity contribution in [1.29, 1.82) is 0 Å². The number of hydrogen-bond donors (Lipinski definition) is 2. The van der Waals surface area contributed by atoms with Gasteiger partial charge in [0.15, 0.2) is 0 Å². The maximum atomic E-state index is 12.2. The van der Waals surface area contributed by atoms with E-state index in [2.05, 4.69) is 10.6 Å². The van der Waals surface area contributed by atoms with Crippen LogP contribution in [0.5, 0.6) is 0 Å². The molecule has 6 heteroatoms. The fourth-order valence-electron chi connectivity index (χ4n) is 2.02. The minimum Gasteiger partial charge on any atom is -0.349 e. The van der Waals surface area contributed by atoms with Crippen molar-refractivity contribution in [2.75, 3.05) is 13.1 Å². The summed E-state index contributed by atoms with van der Waals surface area (Å²) in [6.45, 7) is 1.82. The van der Waals surface area contributed by atoms with E-state index in [1.165, 1.54) is 0 Å². The van der Waals surface area contributed by atoms with Gasteiger partial charge in [0, 0.05) is 16.5 Å². The van der Waals surface area contributed by atoms with Gasteiger partial charge < -0.3 is 10.6 Å². The second-order valence-corrected chi connectivity index (χ2v) is 5.46. The Labute approximate surface area is 115 Å². The summed E-state index contributed by atoms with van der Waals surface area (Å²) in [6.07, 6.45) is 1.84. The maximum Gasteiger partial charge on any atom is 0.288 e. The van der Waals surface area contributed by atoms with Gasteiger partial charge in [-0.2, -0.15) is 8.78 Å². The molecule has 1 fully saturated rings. The zero-order valence-electron chi connectivity index (χ0n) is 10.4. The third-order valence-electron chi connectivity index (χ3n) is 3.02. The molecule has 19 heavy (non-hydrogen) atoms. The fraction of sp³-hybridized carbons (Fsp3) is 0.462. The molecule has 1 aromatic carbocycles. The Hall–Kier alpha value is -1.14. The van der Waals surface area contributed by atoms with Crippen LogP contribution in [-0.2, 0) is 0 Å². The summed E-state index contributed by atoms with van der Waals surface area (Å²) in [5.74, 6) is -2.57. The second-order valence-electron chi connectivity index (χ2n) is 4.40. The molecular weight excluding hydrogens is 270 g/mol. The molecule has 3 nitrogen and oxygen atoms in total. The Balaban J connectivity index is 1.91. The number of halogens is 2. The van der Waals surface area contributed by atoms with Crippen molar-refractivity contribution in [3.05, 3.63) is 29.8 Å². The monoisotopic (exact) mass is 286 g/mol. The predicted molar refractivity (Wildman–Crippen MR) is 71.7 cm³/mol. The molecule has 0 radical (unpaired) electrons. The number of benzene rings is 1. The van der Waals surface area contributed by atoms with E-state index in [0.717, 1.165) is 25.9 Å². The minimum atomic E-state index is -2.44. The van der Waals surface area contributed by atoms with Crippen LogP contribution in [0.25, 0.3) is 0 Å². The van der Waals surface area contributed by atoms with E-state index in [-0.39, 0.29) is 11.9 Å². The Morgan fingerprint density at radius 2 is 1.89 bits per heavy atom. The molecule has 2 rings (SSSR count). The van der Waals surface area contributed by atoms with Crippen LogP contribution < -0.4 is 10.6 Å². The van der Waals surface area contributed by atoms with Gasteiger partial charge in [0.25, 0.3) is 11.7 Å². The van der Waals surface area contributed by atoms with Gasteiger partial charge in [-0.3, -0.25) is 4.79 Å². The zero-order valence-corrected chi connectivity index (χ0v) is 11.2. The molecule has 2 N–H and O–H groups in total. The number of nitrogens with one attached hydrogen (secondary N) is 2. The molecular formula is C13H16F2N2OS. The lowest BCUT2D eigenvalue weighted by Gasteiger charge is -2.23. The smallest absolute Gasteiger partial charge is 0.288 e. The van der Waals surface area contributed by atoms with Crippen molar-refractivity contribution in [2.24, 2.45) is 0 Å². The molecule has 1 aromatic rings. The molecule has 0 atom stereocenters. The molecule has 0 aliphatic carbocycles. The third kappa shape index (κ3) is 4.47. The lowest BCUT2D eigenvalue weighted by atomic mass is 10.1. The molecule has 1 aliphatic heterocycles. The summed E-state index contributed by atoms with van der Waals surface area (Å²) < 4.78 is 24.3. The first kappa shape index (κ1) is 14.3.